The van der Waals surface area contributed by atoms with Gasteiger partial charge in [0.1, 0.15) is 0 Å². The molecule has 1 fully saturated rings. The van der Waals surface area contributed by atoms with E-state index in [1.165, 1.54) is 23.9 Å². The highest BCUT2D eigenvalue weighted by Crippen LogP contribution is 2.37. The van der Waals surface area contributed by atoms with E-state index in [1.54, 1.807) is 0 Å². The fraction of sp³-hybridized carbons (Fsp3) is 0.500. The highest BCUT2D eigenvalue weighted by atomic mass is 15.1. The van der Waals surface area contributed by atoms with Gasteiger partial charge in [0, 0.05) is 12.1 Å². The predicted octanol–water partition coefficient (Wildman–Crippen LogP) is 3.03. The van der Waals surface area contributed by atoms with Gasteiger partial charge >= 0.3 is 0 Å². The van der Waals surface area contributed by atoms with Crippen molar-refractivity contribution in [3.05, 3.63) is 30.1 Å². The maximum Gasteiger partial charge on any atom is 0.0960 e. The van der Waals surface area contributed by atoms with E-state index in [2.05, 4.69) is 41.6 Å². The van der Waals surface area contributed by atoms with Crippen molar-refractivity contribution in [2.24, 2.45) is 11.7 Å². The van der Waals surface area contributed by atoms with E-state index in [0.29, 0.717) is 12.0 Å². The van der Waals surface area contributed by atoms with Gasteiger partial charge in [-0.2, -0.15) is 0 Å². The molecule has 1 atom stereocenters. The Hall–Kier alpha value is -1.35. The molecular weight excluding hydrogens is 210 g/mol. The maximum atomic E-state index is 6.17. The third-order valence-corrected chi connectivity index (χ3v) is 3.64. The van der Waals surface area contributed by atoms with Crippen molar-refractivity contribution in [3.63, 3.8) is 0 Å². The third-order valence-electron chi connectivity index (χ3n) is 3.64. The fourth-order valence-corrected chi connectivity index (χ4v) is 2.28. The Labute approximate surface area is 102 Å². The third kappa shape index (κ3) is 1.84. The second kappa shape index (κ2) is 3.84. The molecule has 1 saturated carbocycles. The van der Waals surface area contributed by atoms with Crippen LogP contribution < -0.4 is 5.73 Å². The van der Waals surface area contributed by atoms with Crippen molar-refractivity contribution < 1.29 is 0 Å². The molecule has 3 nitrogen and oxygen atoms in total. The topological polar surface area (TPSA) is 43.8 Å². The summed E-state index contributed by atoms with van der Waals surface area (Å²) in [4.78, 5) is 4.49. The van der Waals surface area contributed by atoms with Crippen molar-refractivity contribution >= 4 is 11.0 Å². The molecule has 3 heteroatoms. The first kappa shape index (κ1) is 10.8. The fourth-order valence-electron chi connectivity index (χ4n) is 2.28. The monoisotopic (exact) mass is 229 g/mol. The highest BCUT2D eigenvalue weighted by molar-refractivity contribution is 5.76. The van der Waals surface area contributed by atoms with Gasteiger partial charge in [0.2, 0.25) is 0 Å². The zero-order valence-electron chi connectivity index (χ0n) is 10.4. The number of nitrogens with zero attached hydrogens (tertiary/aromatic N) is 2. The molecule has 0 bridgehead atoms. The lowest BCUT2D eigenvalue weighted by Gasteiger charge is -2.15. The number of imidazole rings is 1. The number of nitrogens with two attached hydrogens (primary N) is 1. The Bertz CT molecular complexity index is 537. The first-order valence-corrected chi connectivity index (χ1v) is 6.39. The van der Waals surface area contributed by atoms with E-state index in [9.17, 15) is 0 Å². The quantitative estimate of drug-likeness (QED) is 0.879. The molecule has 1 heterocycles. The summed E-state index contributed by atoms with van der Waals surface area (Å²) < 4.78 is 2.29. The van der Waals surface area contributed by atoms with Gasteiger partial charge in [0.05, 0.1) is 17.4 Å². The lowest BCUT2D eigenvalue weighted by molar-refractivity contribution is 0.514. The molecule has 0 aliphatic heterocycles. The van der Waals surface area contributed by atoms with Gasteiger partial charge in [0.15, 0.2) is 0 Å². The summed E-state index contributed by atoms with van der Waals surface area (Å²) in [6.45, 7) is 4.30. The molecule has 2 N–H and O–H groups in total. The summed E-state index contributed by atoms with van der Waals surface area (Å²) in [5.74, 6) is 0.456. The van der Waals surface area contributed by atoms with Crippen molar-refractivity contribution in [2.45, 2.75) is 38.8 Å². The number of rotatable bonds is 3. The Balaban J connectivity index is 2.02. The van der Waals surface area contributed by atoms with Crippen molar-refractivity contribution in [1.82, 2.24) is 9.55 Å². The number of aromatic nitrogens is 2. The molecule has 0 radical (unpaired) electrons. The van der Waals surface area contributed by atoms with Gasteiger partial charge in [0.25, 0.3) is 0 Å². The standard InChI is InChI=1S/C14H19N3/c1-9(2)14(15)10-3-6-13-12(7-10)16-8-17(13)11-4-5-11/h3,6-9,11,14H,4-5,15H2,1-2H3. The largest absolute Gasteiger partial charge is 0.327 e. The summed E-state index contributed by atoms with van der Waals surface area (Å²) >= 11 is 0. The normalized spacial score (nSPS) is 17.9. The van der Waals surface area contributed by atoms with Crippen LogP contribution in [0.15, 0.2) is 24.5 Å². The zero-order valence-corrected chi connectivity index (χ0v) is 10.4. The average Bonchev–Trinajstić information content (AvgIpc) is 3.07. The van der Waals surface area contributed by atoms with E-state index < -0.39 is 0 Å². The van der Waals surface area contributed by atoms with Crippen LogP contribution in [0.3, 0.4) is 0 Å². The smallest absolute Gasteiger partial charge is 0.0960 e. The van der Waals surface area contributed by atoms with Gasteiger partial charge in [-0.25, -0.2) is 4.98 Å². The molecule has 1 unspecified atom stereocenters. The molecular formula is C14H19N3. The van der Waals surface area contributed by atoms with Crippen LogP contribution >= 0.6 is 0 Å². The second-order valence-electron chi connectivity index (χ2n) is 5.40. The average molecular weight is 229 g/mol. The molecule has 0 spiro atoms. The van der Waals surface area contributed by atoms with Crippen LogP contribution in [0.4, 0.5) is 0 Å². The van der Waals surface area contributed by atoms with E-state index in [-0.39, 0.29) is 6.04 Å². The zero-order chi connectivity index (χ0) is 12.0. The van der Waals surface area contributed by atoms with Crippen molar-refractivity contribution in [3.8, 4) is 0 Å². The van der Waals surface area contributed by atoms with Gasteiger partial charge in [-0.15, -0.1) is 0 Å². The minimum absolute atomic E-state index is 0.102. The van der Waals surface area contributed by atoms with Crippen LogP contribution in [0.2, 0.25) is 0 Å². The molecule has 1 aliphatic carbocycles. The molecule has 1 aliphatic rings. The molecule has 0 amide bonds. The lowest BCUT2D eigenvalue weighted by Crippen LogP contribution is -2.16. The Morgan fingerprint density at radius 2 is 2.12 bits per heavy atom. The first-order valence-electron chi connectivity index (χ1n) is 6.39. The molecule has 1 aromatic heterocycles. The molecule has 90 valence electrons. The summed E-state index contributed by atoms with van der Waals surface area (Å²) in [6.07, 6.45) is 4.55. The molecule has 0 saturated heterocycles. The Morgan fingerprint density at radius 1 is 1.35 bits per heavy atom. The van der Waals surface area contributed by atoms with E-state index in [0.717, 1.165) is 5.52 Å². The van der Waals surface area contributed by atoms with E-state index >= 15 is 0 Å². The van der Waals surface area contributed by atoms with E-state index in [4.69, 9.17) is 5.73 Å². The summed E-state index contributed by atoms with van der Waals surface area (Å²) in [5.41, 5.74) is 9.68. The van der Waals surface area contributed by atoms with Crippen molar-refractivity contribution in [1.29, 1.82) is 0 Å². The van der Waals surface area contributed by atoms with Crippen LogP contribution in [0.1, 0.15) is 44.3 Å². The summed E-state index contributed by atoms with van der Waals surface area (Å²) in [7, 11) is 0. The van der Waals surface area contributed by atoms with Gasteiger partial charge in [-0.1, -0.05) is 19.9 Å². The first-order chi connectivity index (χ1) is 8.16. The highest BCUT2D eigenvalue weighted by Gasteiger charge is 2.25. The minimum Gasteiger partial charge on any atom is -0.327 e. The SMILES string of the molecule is CC(C)C(N)c1ccc2c(c1)ncn2C1CC1. The lowest BCUT2D eigenvalue weighted by atomic mass is 9.97. The van der Waals surface area contributed by atoms with Crippen molar-refractivity contribution in [2.75, 3.05) is 0 Å². The van der Waals surface area contributed by atoms with Crippen LogP contribution in [-0.4, -0.2) is 9.55 Å². The summed E-state index contributed by atoms with van der Waals surface area (Å²) in [5, 5.41) is 0. The van der Waals surface area contributed by atoms with Crippen LogP contribution in [0.5, 0.6) is 0 Å². The van der Waals surface area contributed by atoms with Gasteiger partial charge < -0.3 is 10.3 Å². The van der Waals surface area contributed by atoms with E-state index in [1.807, 2.05) is 6.33 Å². The molecule has 1 aromatic carbocycles. The molecule has 2 aromatic rings. The number of fused-ring (bicyclic) bond motifs is 1. The molecule has 3 rings (SSSR count). The number of hydrogen-bond acceptors (Lipinski definition) is 2. The van der Waals surface area contributed by atoms with Crippen LogP contribution in [0.25, 0.3) is 11.0 Å². The number of hydrogen-bond donors (Lipinski definition) is 1. The van der Waals surface area contributed by atoms with Crippen LogP contribution in [0, 0.1) is 5.92 Å². The predicted molar refractivity (Wildman–Crippen MR) is 69.8 cm³/mol. The maximum absolute atomic E-state index is 6.17. The Morgan fingerprint density at radius 3 is 2.76 bits per heavy atom. The van der Waals surface area contributed by atoms with Gasteiger partial charge in [-0.3, -0.25) is 0 Å². The summed E-state index contributed by atoms with van der Waals surface area (Å²) in [6, 6.07) is 7.24. The van der Waals surface area contributed by atoms with Gasteiger partial charge in [-0.05, 0) is 36.5 Å². The molecule has 17 heavy (non-hydrogen) atoms. The second-order valence-corrected chi connectivity index (χ2v) is 5.40. The minimum atomic E-state index is 0.102. The van der Waals surface area contributed by atoms with Crippen LogP contribution in [-0.2, 0) is 0 Å². The number of benzene rings is 1. The Kier molecular flexibility index (Phi) is 2.44.